The van der Waals surface area contributed by atoms with Crippen molar-refractivity contribution in [1.29, 1.82) is 0 Å². The Balaban J connectivity index is 2.02. The first-order chi connectivity index (χ1) is 12.6. The van der Waals surface area contributed by atoms with E-state index in [1.807, 2.05) is 34.6 Å². The molecule has 2 rings (SSSR count). The van der Waals surface area contributed by atoms with Crippen LogP contribution in [-0.4, -0.2) is 64.2 Å². The molecule has 9 heteroatoms. The first kappa shape index (κ1) is 21.5. The Hall–Kier alpha value is -1.80. The van der Waals surface area contributed by atoms with Gasteiger partial charge in [0.05, 0.1) is 5.69 Å². The standard InChI is InChI=1S/C18H30ClN5O3/c1-6-11-14(19)23-15(21-11)16(25)22-12-8-9-24(10-13(12)20-7-2)17(26)27-18(3,4)5/h12-13,20H,6-10H2,1-5H3,(H,21,23)(H,22,25). The van der Waals surface area contributed by atoms with E-state index in [0.717, 1.165) is 12.2 Å². The number of piperidine rings is 1. The van der Waals surface area contributed by atoms with Crippen molar-refractivity contribution in [3.63, 3.8) is 0 Å². The Kier molecular flexibility index (Phi) is 7.11. The van der Waals surface area contributed by atoms with Gasteiger partial charge in [0.1, 0.15) is 5.60 Å². The number of carbonyl (C=O) groups excluding carboxylic acids is 2. The fourth-order valence-corrected chi connectivity index (χ4v) is 3.32. The summed E-state index contributed by atoms with van der Waals surface area (Å²) in [6, 6.07) is -0.193. The van der Waals surface area contributed by atoms with Gasteiger partial charge >= 0.3 is 6.09 Å². The predicted octanol–water partition coefficient (Wildman–Crippen LogP) is 2.34. The molecule has 1 saturated heterocycles. The second-order valence-electron chi connectivity index (χ2n) is 7.67. The Bertz CT molecular complexity index is 670. The third-order valence-corrected chi connectivity index (χ3v) is 4.66. The maximum atomic E-state index is 12.6. The number of amides is 2. The Morgan fingerprint density at radius 3 is 2.59 bits per heavy atom. The SMILES string of the molecule is CCNC1CN(C(=O)OC(C)(C)C)CCC1NC(=O)c1nc(Cl)c(CC)[nH]1. The number of aryl methyl sites for hydroxylation is 1. The third-order valence-electron chi connectivity index (χ3n) is 4.34. The second-order valence-corrected chi connectivity index (χ2v) is 8.03. The number of nitrogens with zero attached hydrogens (tertiary/aromatic N) is 2. The van der Waals surface area contributed by atoms with Crippen molar-refractivity contribution in [2.24, 2.45) is 0 Å². The maximum absolute atomic E-state index is 12.6. The van der Waals surface area contributed by atoms with Crippen molar-refractivity contribution in [3.8, 4) is 0 Å². The van der Waals surface area contributed by atoms with Crippen LogP contribution < -0.4 is 10.6 Å². The van der Waals surface area contributed by atoms with E-state index in [9.17, 15) is 9.59 Å². The van der Waals surface area contributed by atoms with Crippen LogP contribution in [0, 0.1) is 0 Å². The molecule has 2 amide bonds. The molecule has 0 bridgehead atoms. The first-order valence-corrected chi connectivity index (χ1v) is 9.79. The predicted molar refractivity (Wildman–Crippen MR) is 104 cm³/mol. The minimum atomic E-state index is -0.536. The van der Waals surface area contributed by atoms with E-state index in [0.29, 0.717) is 31.1 Å². The van der Waals surface area contributed by atoms with Gasteiger partial charge in [0, 0.05) is 25.2 Å². The number of aromatic amines is 1. The minimum Gasteiger partial charge on any atom is -0.444 e. The first-order valence-electron chi connectivity index (χ1n) is 9.41. The van der Waals surface area contributed by atoms with Crippen LogP contribution in [0.1, 0.15) is 57.4 Å². The molecular weight excluding hydrogens is 370 g/mol. The zero-order valence-corrected chi connectivity index (χ0v) is 17.4. The number of imidazole rings is 1. The summed E-state index contributed by atoms with van der Waals surface area (Å²) in [5.74, 6) is -0.0862. The Morgan fingerprint density at radius 1 is 1.33 bits per heavy atom. The lowest BCUT2D eigenvalue weighted by atomic mass is 9.99. The molecule has 1 aromatic heterocycles. The molecule has 0 saturated carbocycles. The van der Waals surface area contributed by atoms with E-state index in [2.05, 4.69) is 20.6 Å². The molecule has 27 heavy (non-hydrogen) atoms. The molecule has 2 unspecified atom stereocenters. The summed E-state index contributed by atoms with van der Waals surface area (Å²) in [6.07, 6.45) is 0.964. The van der Waals surface area contributed by atoms with Gasteiger partial charge in [-0.15, -0.1) is 0 Å². The number of H-pyrrole nitrogens is 1. The topological polar surface area (TPSA) is 99.4 Å². The molecule has 0 aliphatic carbocycles. The van der Waals surface area contributed by atoms with Crippen LogP contribution in [0.25, 0.3) is 0 Å². The lowest BCUT2D eigenvalue weighted by Gasteiger charge is -2.39. The Morgan fingerprint density at radius 2 is 2.04 bits per heavy atom. The molecule has 2 atom stereocenters. The van der Waals surface area contributed by atoms with E-state index >= 15 is 0 Å². The Labute approximate surface area is 165 Å². The summed E-state index contributed by atoms with van der Waals surface area (Å²) < 4.78 is 5.46. The van der Waals surface area contributed by atoms with Gasteiger partial charge in [0.15, 0.2) is 11.0 Å². The van der Waals surface area contributed by atoms with E-state index in [4.69, 9.17) is 16.3 Å². The van der Waals surface area contributed by atoms with Gasteiger partial charge in [0.25, 0.3) is 5.91 Å². The lowest BCUT2D eigenvalue weighted by molar-refractivity contribution is 0.0164. The van der Waals surface area contributed by atoms with Crippen molar-refractivity contribution in [3.05, 3.63) is 16.7 Å². The largest absolute Gasteiger partial charge is 0.444 e. The summed E-state index contributed by atoms with van der Waals surface area (Å²) >= 11 is 6.02. The molecule has 0 spiro atoms. The molecule has 152 valence electrons. The molecule has 1 aliphatic heterocycles. The van der Waals surface area contributed by atoms with Gasteiger partial charge in [-0.1, -0.05) is 25.4 Å². The van der Waals surface area contributed by atoms with Crippen molar-refractivity contribution in [2.75, 3.05) is 19.6 Å². The van der Waals surface area contributed by atoms with Gasteiger partial charge in [-0.25, -0.2) is 9.78 Å². The van der Waals surface area contributed by atoms with Crippen LogP contribution in [0.2, 0.25) is 5.15 Å². The van der Waals surface area contributed by atoms with Crippen LogP contribution in [0.3, 0.4) is 0 Å². The number of nitrogens with one attached hydrogen (secondary N) is 3. The molecular formula is C18H30ClN5O3. The van der Waals surface area contributed by atoms with Gasteiger partial charge in [-0.05, 0) is 40.2 Å². The fraction of sp³-hybridized carbons (Fsp3) is 0.722. The van der Waals surface area contributed by atoms with Crippen molar-refractivity contribution >= 4 is 23.6 Å². The highest BCUT2D eigenvalue weighted by atomic mass is 35.5. The van der Waals surface area contributed by atoms with E-state index < -0.39 is 5.60 Å². The van der Waals surface area contributed by atoms with Gasteiger partial charge in [-0.3, -0.25) is 4.79 Å². The molecule has 2 heterocycles. The highest BCUT2D eigenvalue weighted by molar-refractivity contribution is 6.30. The highest BCUT2D eigenvalue weighted by Crippen LogP contribution is 2.17. The van der Waals surface area contributed by atoms with Gasteiger partial charge in [-0.2, -0.15) is 0 Å². The monoisotopic (exact) mass is 399 g/mol. The number of halogens is 1. The molecule has 0 aromatic carbocycles. The number of likely N-dealkylation sites (tertiary alicyclic amines) is 1. The van der Waals surface area contributed by atoms with Crippen LogP contribution in [0.4, 0.5) is 4.79 Å². The zero-order valence-electron chi connectivity index (χ0n) is 16.7. The lowest BCUT2D eigenvalue weighted by Crippen LogP contribution is -2.60. The molecule has 8 nitrogen and oxygen atoms in total. The van der Waals surface area contributed by atoms with Gasteiger partial charge in [0.2, 0.25) is 0 Å². The van der Waals surface area contributed by atoms with Crippen LogP contribution >= 0.6 is 11.6 Å². The van der Waals surface area contributed by atoms with Crippen LogP contribution in [0.15, 0.2) is 0 Å². The van der Waals surface area contributed by atoms with Crippen LogP contribution in [-0.2, 0) is 11.2 Å². The quantitative estimate of drug-likeness (QED) is 0.705. The number of hydrogen-bond acceptors (Lipinski definition) is 5. The number of ether oxygens (including phenoxy) is 1. The summed E-state index contributed by atoms with van der Waals surface area (Å²) in [7, 11) is 0. The molecule has 1 fully saturated rings. The normalized spacial score (nSPS) is 20.4. The van der Waals surface area contributed by atoms with Crippen LogP contribution in [0.5, 0.6) is 0 Å². The second kappa shape index (κ2) is 8.93. The number of hydrogen-bond donors (Lipinski definition) is 3. The minimum absolute atomic E-state index is 0.0729. The third kappa shape index (κ3) is 5.84. The van der Waals surface area contributed by atoms with Gasteiger partial charge < -0.3 is 25.3 Å². The average Bonchev–Trinajstić information content (AvgIpc) is 2.96. The smallest absolute Gasteiger partial charge is 0.410 e. The summed E-state index contributed by atoms with van der Waals surface area (Å²) in [6.45, 7) is 11.2. The van der Waals surface area contributed by atoms with Crippen molar-refractivity contribution < 1.29 is 14.3 Å². The zero-order chi connectivity index (χ0) is 20.2. The molecule has 3 N–H and O–H groups in total. The summed E-state index contributed by atoms with van der Waals surface area (Å²) in [5.41, 5.74) is 0.204. The molecule has 1 aliphatic rings. The van der Waals surface area contributed by atoms with Crippen molar-refractivity contribution in [2.45, 2.75) is 65.1 Å². The molecule has 1 aromatic rings. The fourth-order valence-electron chi connectivity index (χ4n) is 3.05. The molecule has 0 radical (unpaired) electrons. The highest BCUT2D eigenvalue weighted by Gasteiger charge is 2.34. The number of rotatable bonds is 5. The average molecular weight is 400 g/mol. The number of likely N-dealkylation sites (N-methyl/N-ethyl adjacent to an activating group) is 1. The maximum Gasteiger partial charge on any atom is 0.410 e. The van der Waals surface area contributed by atoms with E-state index in [1.54, 1.807) is 4.90 Å². The number of aromatic nitrogens is 2. The van der Waals surface area contributed by atoms with Crippen molar-refractivity contribution in [1.82, 2.24) is 25.5 Å². The summed E-state index contributed by atoms with van der Waals surface area (Å²) in [4.78, 5) is 33.6. The van der Waals surface area contributed by atoms with E-state index in [-0.39, 0.29) is 29.9 Å². The summed E-state index contributed by atoms with van der Waals surface area (Å²) in [5, 5.41) is 6.68. The number of carbonyl (C=O) groups is 2. The van der Waals surface area contributed by atoms with E-state index in [1.165, 1.54) is 0 Å².